The van der Waals surface area contributed by atoms with Crippen LogP contribution in [0.15, 0.2) is 60.7 Å². The number of amides is 1. The molecule has 0 aliphatic carbocycles. The Morgan fingerprint density at radius 1 is 0.921 bits per heavy atom. The number of alkyl carbamates (subject to hydrolysis) is 1. The van der Waals surface area contributed by atoms with Crippen LogP contribution in [0.1, 0.15) is 55.4 Å². The van der Waals surface area contributed by atoms with E-state index in [0.717, 1.165) is 0 Å². The van der Waals surface area contributed by atoms with Crippen LogP contribution in [0.4, 0.5) is 4.79 Å². The fourth-order valence-electron chi connectivity index (χ4n) is 5.53. The number of carbonyl (C=O) groups excluding carboxylic acids is 1. The molecule has 8 heteroatoms. The predicted molar refractivity (Wildman–Crippen MR) is 150 cm³/mol. The fourth-order valence-corrected chi connectivity index (χ4v) is 10.1. The number of benzene rings is 2. The molecule has 2 heterocycles. The second kappa shape index (κ2) is 10.7. The van der Waals surface area contributed by atoms with E-state index in [1.54, 1.807) is 0 Å². The predicted octanol–water partition coefficient (Wildman–Crippen LogP) is 4.38. The minimum atomic E-state index is -2.75. The molecular formula is C30H43NO6Si. The van der Waals surface area contributed by atoms with Crippen molar-refractivity contribution in [3.63, 3.8) is 0 Å². The molecule has 0 bridgehead atoms. The Bertz CT molecular complexity index is 1040. The highest BCUT2D eigenvalue weighted by Crippen LogP contribution is 2.39. The lowest BCUT2D eigenvalue weighted by atomic mass is 9.98. The Labute approximate surface area is 228 Å². The Hall–Kier alpha value is -2.23. The van der Waals surface area contributed by atoms with Crippen molar-refractivity contribution in [2.75, 3.05) is 13.2 Å². The first-order chi connectivity index (χ1) is 17.7. The van der Waals surface area contributed by atoms with E-state index in [9.17, 15) is 4.79 Å². The number of hydrogen-bond acceptors (Lipinski definition) is 6. The van der Waals surface area contributed by atoms with Crippen molar-refractivity contribution in [3.05, 3.63) is 60.7 Å². The monoisotopic (exact) mass is 541 g/mol. The van der Waals surface area contributed by atoms with Gasteiger partial charge in [0, 0.05) is 0 Å². The molecule has 2 fully saturated rings. The maximum Gasteiger partial charge on any atom is 0.408 e. The molecule has 2 aromatic rings. The maximum atomic E-state index is 12.5. The molecule has 2 aliphatic heterocycles. The van der Waals surface area contributed by atoms with Crippen molar-refractivity contribution < 1.29 is 28.2 Å². The quantitative estimate of drug-likeness (QED) is 0.548. The van der Waals surface area contributed by atoms with Gasteiger partial charge < -0.3 is 28.7 Å². The summed E-state index contributed by atoms with van der Waals surface area (Å²) in [5.74, 6) is -0.813. The molecule has 0 saturated carbocycles. The molecule has 0 radical (unpaired) electrons. The van der Waals surface area contributed by atoms with E-state index in [4.69, 9.17) is 23.4 Å². The fraction of sp³-hybridized carbons (Fsp3) is 0.567. The summed E-state index contributed by atoms with van der Waals surface area (Å²) in [5, 5.41) is 5.19. The summed E-state index contributed by atoms with van der Waals surface area (Å²) in [7, 11) is -2.75. The first kappa shape index (κ1) is 28.8. The van der Waals surface area contributed by atoms with Gasteiger partial charge in [-0.3, -0.25) is 0 Å². The van der Waals surface area contributed by atoms with E-state index < -0.39 is 37.9 Å². The average molecular weight is 542 g/mol. The summed E-state index contributed by atoms with van der Waals surface area (Å²) in [4.78, 5) is 12.5. The van der Waals surface area contributed by atoms with Gasteiger partial charge in [0.05, 0.1) is 19.3 Å². The zero-order chi connectivity index (χ0) is 27.8. The van der Waals surface area contributed by atoms with Gasteiger partial charge in [0.15, 0.2) is 5.79 Å². The number of rotatable bonds is 6. The largest absolute Gasteiger partial charge is 0.444 e. The molecule has 208 valence electrons. The highest BCUT2D eigenvalue weighted by atomic mass is 28.4. The SMILES string of the molecule is CC(C)(C)OC(=O)N[C@H]1CO[C@H](CO[Si](c2ccccc2)(c2ccccc2)C(C)(C)C)[C@@H]2OC(C)(C)O[C@@H]21. The van der Waals surface area contributed by atoms with E-state index in [1.165, 1.54) is 10.4 Å². The molecule has 0 spiro atoms. The van der Waals surface area contributed by atoms with Crippen LogP contribution in [0.3, 0.4) is 0 Å². The molecule has 2 saturated heterocycles. The third kappa shape index (κ3) is 6.15. The molecule has 2 aliphatic rings. The van der Waals surface area contributed by atoms with Crippen LogP contribution < -0.4 is 15.7 Å². The number of fused-ring (bicyclic) bond motifs is 1. The third-order valence-electron chi connectivity index (χ3n) is 7.00. The lowest BCUT2D eigenvalue weighted by Crippen LogP contribution is -2.68. The lowest BCUT2D eigenvalue weighted by Gasteiger charge is -2.45. The molecule has 0 unspecified atom stereocenters. The van der Waals surface area contributed by atoms with Crippen LogP contribution >= 0.6 is 0 Å². The normalized spacial score (nSPS) is 25.5. The van der Waals surface area contributed by atoms with Crippen LogP contribution in [0.5, 0.6) is 0 Å². The number of hydrogen-bond donors (Lipinski definition) is 1. The minimum Gasteiger partial charge on any atom is -0.444 e. The minimum absolute atomic E-state index is 0.156. The maximum absolute atomic E-state index is 12.5. The van der Waals surface area contributed by atoms with Gasteiger partial charge in [-0.25, -0.2) is 4.79 Å². The summed E-state index contributed by atoms with van der Waals surface area (Å²) >= 11 is 0. The van der Waals surface area contributed by atoms with Crippen molar-refractivity contribution in [2.45, 2.75) is 96.2 Å². The first-order valence-corrected chi connectivity index (χ1v) is 15.3. The molecule has 1 amide bonds. The Morgan fingerprint density at radius 3 is 1.95 bits per heavy atom. The molecule has 38 heavy (non-hydrogen) atoms. The Morgan fingerprint density at radius 2 is 1.45 bits per heavy atom. The highest BCUT2D eigenvalue weighted by Gasteiger charge is 2.55. The van der Waals surface area contributed by atoms with Gasteiger partial charge in [0.25, 0.3) is 8.32 Å². The van der Waals surface area contributed by atoms with Gasteiger partial charge >= 0.3 is 6.09 Å². The summed E-state index contributed by atoms with van der Waals surface area (Å²) < 4.78 is 31.6. The van der Waals surface area contributed by atoms with Gasteiger partial charge in [0.2, 0.25) is 0 Å². The van der Waals surface area contributed by atoms with E-state index in [1.807, 2.05) is 46.8 Å². The van der Waals surface area contributed by atoms with Crippen LogP contribution in [-0.2, 0) is 23.4 Å². The van der Waals surface area contributed by atoms with Crippen molar-refractivity contribution in [1.82, 2.24) is 5.32 Å². The first-order valence-electron chi connectivity index (χ1n) is 13.4. The molecular weight excluding hydrogens is 498 g/mol. The van der Waals surface area contributed by atoms with Gasteiger partial charge in [-0.2, -0.15) is 0 Å². The second-order valence-electron chi connectivity index (χ2n) is 12.7. The number of ether oxygens (including phenoxy) is 4. The second-order valence-corrected chi connectivity index (χ2v) is 17.0. The van der Waals surface area contributed by atoms with Crippen molar-refractivity contribution in [3.8, 4) is 0 Å². The van der Waals surface area contributed by atoms with E-state index in [0.29, 0.717) is 6.61 Å². The molecule has 4 rings (SSSR count). The van der Waals surface area contributed by atoms with E-state index >= 15 is 0 Å². The summed E-state index contributed by atoms with van der Waals surface area (Å²) in [5.41, 5.74) is -0.600. The molecule has 2 aromatic carbocycles. The van der Waals surface area contributed by atoms with E-state index in [2.05, 4.69) is 74.6 Å². The van der Waals surface area contributed by atoms with Gasteiger partial charge in [0.1, 0.15) is 23.9 Å². The molecule has 0 aromatic heterocycles. The number of carbonyl (C=O) groups is 1. The van der Waals surface area contributed by atoms with Crippen molar-refractivity contribution in [1.29, 1.82) is 0 Å². The third-order valence-corrected chi connectivity index (χ3v) is 12.0. The van der Waals surface area contributed by atoms with Crippen LogP contribution in [0, 0.1) is 0 Å². The standard InChI is InChI=1S/C30H43NO6Si/c1-28(2,3)37-27(32)31-23-19-33-24(26-25(23)35-30(7,8)36-26)20-34-38(29(4,5)6,21-15-11-9-12-16-21)22-17-13-10-14-18-22/h9-18,23-26H,19-20H2,1-8H3,(H,31,32)/t23-,24+,25+,26-/m0/s1. The van der Waals surface area contributed by atoms with Crippen molar-refractivity contribution in [2.24, 2.45) is 0 Å². The summed E-state index contributed by atoms with van der Waals surface area (Å²) in [6.45, 7) is 16.7. The Kier molecular flexibility index (Phi) is 8.13. The van der Waals surface area contributed by atoms with Crippen LogP contribution in [-0.4, -0.2) is 63.4 Å². The number of nitrogens with one attached hydrogen (secondary N) is 1. The van der Waals surface area contributed by atoms with E-state index in [-0.39, 0.29) is 23.9 Å². The average Bonchev–Trinajstić information content (AvgIpc) is 3.15. The summed E-state index contributed by atoms with van der Waals surface area (Å²) in [6, 6.07) is 20.7. The zero-order valence-electron chi connectivity index (χ0n) is 23.9. The molecule has 1 N–H and O–H groups in total. The topological polar surface area (TPSA) is 75.3 Å². The van der Waals surface area contributed by atoms with Gasteiger partial charge in [-0.05, 0) is 50.0 Å². The van der Waals surface area contributed by atoms with Crippen LogP contribution in [0.2, 0.25) is 5.04 Å². The molecule has 7 nitrogen and oxygen atoms in total. The van der Waals surface area contributed by atoms with Gasteiger partial charge in [-0.15, -0.1) is 0 Å². The molecule has 4 atom stereocenters. The smallest absolute Gasteiger partial charge is 0.408 e. The van der Waals surface area contributed by atoms with Gasteiger partial charge in [-0.1, -0.05) is 81.4 Å². The Balaban J connectivity index is 1.60. The zero-order valence-corrected chi connectivity index (χ0v) is 24.9. The van der Waals surface area contributed by atoms with Crippen molar-refractivity contribution >= 4 is 24.8 Å². The summed E-state index contributed by atoms with van der Waals surface area (Å²) in [6.07, 6.45) is -1.66. The highest BCUT2D eigenvalue weighted by molar-refractivity contribution is 6.99. The van der Waals surface area contributed by atoms with Crippen LogP contribution in [0.25, 0.3) is 0 Å². The lowest BCUT2D eigenvalue weighted by molar-refractivity contribution is -0.156.